The van der Waals surface area contributed by atoms with Crippen molar-refractivity contribution in [2.24, 2.45) is 0 Å². The van der Waals surface area contributed by atoms with E-state index in [9.17, 15) is 0 Å². The van der Waals surface area contributed by atoms with Crippen molar-refractivity contribution in [1.82, 2.24) is 15.0 Å². The van der Waals surface area contributed by atoms with Gasteiger partial charge in [0, 0.05) is 41.2 Å². The first-order valence-electron chi connectivity index (χ1n) is 20.9. The Kier molecular flexibility index (Phi) is 19.8. The Bertz CT molecular complexity index is 1540. The molecule has 4 aromatic rings. The highest BCUT2D eigenvalue weighted by Gasteiger charge is 2.20. The molecule has 11 heteroatoms. The fourth-order valence-corrected chi connectivity index (χ4v) is 5.37. The van der Waals surface area contributed by atoms with E-state index >= 15 is 0 Å². The lowest BCUT2D eigenvalue weighted by atomic mass is 10.2. The number of anilines is 4. The van der Waals surface area contributed by atoms with Crippen molar-refractivity contribution >= 4 is 23.3 Å². The Balaban J connectivity index is 1.78. The number of unbranched alkanes of at least 4 members (excludes halogenated alkanes) is 6. The molecule has 0 atom stereocenters. The molecule has 305 valence electrons. The molecular formula is C45H64N5O6. The minimum Gasteiger partial charge on any atom is -0.489 e. The zero-order valence-corrected chi connectivity index (χ0v) is 34.6. The summed E-state index contributed by atoms with van der Waals surface area (Å²) in [4.78, 5) is 14.6. The Morgan fingerprint density at radius 1 is 0.446 bits per heavy atom. The molecule has 0 saturated heterocycles. The molecule has 0 spiro atoms. The van der Waals surface area contributed by atoms with Gasteiger partial charge < -0.3 is 39.1 Å². The molecule has 1 aromatic heterocycles. The molecule has 0 fully saturated rings. The summed E-state index contributed by atoms with van der Waals surface area (Å²) in [6.45, 7) is 16.2. The smallest absolute Gasteiger partial charge is 0.232 e. The molecular weight excluding hydrogens is 707 g/mol. The molecule has 0 saturated carbocycles. The number of nitrogens with one attached hydrogen (secondary N) is 2. The highest BCUT2D eigenvalue weighted by atomic mass is 16.5. The Labute approximate surface area is 335 Å². The quantitative estimate of drug-likeness (QED) is 0.0514. The van der Waals surface area contributed by atoms with E-state index in [1.54, 1.807) is 0 Å². The summed E-state index contributed by atoms with van der Waals surface area (Å²) in [6, 6.07) is 18.3. The number of aromatic nitrogens is 3. The highest BCUT2D eigenvalue weighted by Crippen LogP contribution is 2.43. The summed E-state index contributed by atoms with van der Waals surface area (Å²) in [5, 5.41) is 6.86. The van der Waals surface area contributed by atoms with Crippen molar-refractivity contribution in [2.45, 2.75) is 119 Å². The van der Waals surface area contributed by atoms with Crippen molar-refractivity contribution in [1.29, 1.82) is 0 Å². The van der Waals surface area contributed by atoms with E-state index in [2.05, 4.69) is 58.2 Å². The van der Waals surface area contributed by atoms with Crippen LogP contribution in [0.2, 0.25) is 0 Å². The Hall–Kier alpha value is -4.93. The first kappa shape index (κ1) is 43.8. The molecule has 2 N–H and O–H groups in total. The minimum atomic E-state index is 0.336. The lowest BCUT2D eigenvalue weighted by molar-refractivity contribution is 0.237. The average Bonchev–Trinajstić information content (AvgIpc) is 3.20. The molecule has 0 amide bonds. The van der Waals surface area contributed by atoms with Gasteiger partial charge in [-0.3, -0.25) is 0 Å². The average molecular weight is 771 g/mol. The maximum absolute atomic E-state index is 6.31. The summed E-state index contributed by atoms with van der Waals surface area (Å²) in [7, 11) is 0. The van der Waals surface area contributed by atoms with Crippen LogP contribution >= 0.6 is 0 Å². The molecule has 0 aliphatic rings. The van der Waals surface area contributed by atoms with Gasteiger partial charge in [0.25, 0.3) is 0 Å². The lowest BCUT2D eigenvalue weighted by Gasteiger charge is -2.20. The fourth-order valence-electron chi connectivity index (χ4n) is 5.37. The molecule has 56 heavy (non-hydrogen) atoms. The second-order valence-corrected chi connectivity index (χ2v) is 13.7. The molecule has 0 aliphatic carbocycles. The van der Waals surface area contributed by atoms with Crippen LogP contribution in [0, 0.1) is 6.07 Å². The van der Waals surface area contributed by atoms with Crippen LogP contribution in [-0.2, 0) is 0 Å². The highest BCUT2D eigenvalue weighted by molar-refractivity contribution is 5.70. The van der Waals surface area contributed by atoms with Gasteiger partial charge in [-0.05, 0) is 44.6 Å². The number of rotatable bonds is 29. The largest absolute Gasteiger partial charge is 0.489 e. The maximum Gasteiger partial charge on any atom is 0.232 e. The summed E-state index contributed by atoms with van der Waals surface area (Å²) in [5.41, 5.74) is 2.21. The predicted molar refractivity (Wildman–Crippen MR) is 226 cm³/mol. The molecule has 1 radical (unpaired) electrons. The van der Waals surface area contributed by atoms with Gasteiger partial charge in [-0.2, -0.15) is 15.0 Å². The molecule has 0 aliphatic heterocycles. The van der Waals surface area contributed by atoms with E-state index in [1.807, 2.05) is 48.5 Å². The van der Waals surface area contributed by atoms with Gasteiger partial charge in [0.2, 0.25) is 23.4 Å². The number of hydrogen-bond acceptors (Lipinski definition) is 11. The first-order valence-corrected chi connectivity index (χ1v) is 20.9. The van der Waals surface area contributed by atoms with Crippen molar-refractivity contribution < 1.29 is 28.4 Å². The van der Waals surface area contributed by atoms with Crippen molar-refractivity contribution in [2.75, 3.05) is 50.3 Å². The monoisotopic (exact) mass is 770 g/mol. The molecule has 11 nitrogen and oxygen atoms in total. The minimum absolute atomic E-state index is 0.336. The summed E-state index contributed by atoms with van der Waals surface area (Å²) in [5.74, 6) is 4.85. The van der Waals surface area contributed by atoms with Gasteiger partial charge in [0.15, 0.2) is 28.8 Å². The van der Waals surface area contributed by atoms with Gasteiger partial charge in [-0.25, -0.2) is 0 Å². The third kappa shape index (κ3) is 14.3. The van der Waals surface area contributed by atoms with Crippen LogP contribution in [-0.4, -0.2) is 54.6 Å². The van der Waals surface area contributed by atoms with Gasteiger partial charge >= 0.3 is 0 Å². The zero-order chi connectivity index (χ0) is 39.8. The van der Waals surface area contributed by atoms with Gasteiger partial charge in [-0.15, -0.1) is 0 Å². The van der Waals surface area contributed by atoms with Gasteiger partial charge in [-0.1, -0.05) is 104 Å². The Morgan fingerprint density at radius 2 is 0.768 bits per heavy atom. The Morgan fingerprint density at radius 3 is 1.09 bits per heavy atom. The maximum atomic E-state index is 6.31. The molecule has 4 rings (SSSR count). The summed E-state index contributed by atoms with van der Waals surface area (Å²) >= 11 is 0. The standard InChI is InChI=1S/C45H64N5O6/c1-7-13-24-51-37-30-35(31-38(52-25-14-8-2)41(37)55-28-17-11-5)46-44-48-43(34-22-20-19-21-23-34)49-45(50-44)47-36-32-39(53-26-15-9-3)42(56-29-18-12-6)40(33-36)54-27-16-10-4/h20-23,30-33H,7-18,24-29H2,1-6H3,(H2,46,47,48,49,50). The van der Waals surface area contributed by atoms with E-state index in [-0.39, 0.29) is 0 Å². The fraction of sp³-hybridized carbons (Fsp3) is 0.533. The van der Waals surface area contributed by atoms with Gasteiger partial charge in [0.1, 0.15) is 0 Å². The molecule has 1 heterocycles. The SMILES string of the molecule is CCCCOc1cc(Nc2nc(Nc3cc(OCCCC)c(OCCCC)c(OCCCC)c3)nc(-c3cc[c]cc3)n2)cc(OCCCC)c1OCCCC. The normalized spacial score (nSPS) is 10.9. The van der Waals surface area contributed by atoms with Crippen LogP contribution in [0.4, 0.5) is 23.3 Å². The van der Waals surface area contributed by atoms with Crippen molar-refractivity contribution in [3.8, 4) is 45.9 Å². The van der Waals surface area contributed by atoms with Gasteiger partial charge in [0.05, 0.1) is 39.6 Å². The van der Waals surface area contributed by atoms with Crippen LogP contribution in [0.5, 0.6) is 34.5 Å². The van der Waals surface area contributed by atoms with E-state index in [4.69, 9.17) is 43.4 Å². The summed E-state index contributed by atoms with van der Waals surface area (Å²) in [6.07, 6.45) is 11.6. The van der Waals surface area contributed by atoms with Crippen LogP contribution in [0.15, 0.2) is 48.5 Å². The van der Waals surface area contributed by atoms with Crippen molar-refractivity contribution in [3.05, 3.63) is 54.6 Å². The van der Waals surface area contributed by atoms with E-state index in [1.165, 1.54) is 0 Å². The number of hydrogen-bond donors (Lipinski definition) is 2. The van der Waals surface area contributed by atoms with Crippen LogP contribution in [0.3, 0.4) is 0 Å². The number of benzene rings is 3. The topological polar surface area (TPSA) is 118 Å². The predicted octanol–water partition coefficient (Wildman–Crippen LogP) is 11.9. The number of ether oxygens (including phenoxy) is 6. The van der Waals surface area contributed by atoms with E-state index in [0.29, 0.717) is 103 Å². The molecule has 0 bridgehead atoms. The number of nitrogens with zero attached hydrogens (tertiary/aromatic N) is 3. The van der Waals surface area contributed by atoms with Crippen LogP contribution in [0.1, 0.15) is 119 Å². The molecule has 0 unspecified atom stereocenters. The second-order valence-electron chi connectivity index (χ2n) is 13.7. The first-order chi connectivity index (χ1) is 27.5. The second kappa shape index (κ2) is 25.3. The van der Waals surface area contributed by atoms with E-state index in [0.717, 1.165) is 82.6 Å². The lowest BCUT2D eigenvalue weighted by Crippen LogP contribution is -2.09. The zero-order valence-electron chi connectivity index (χ0n) is 34.6. The van der Waals surface area contributed by atoms with Crippen molar-refractivity contribution in [3.63, 3.8) is 0 Å². The van der Waals surface area contributed by atoms with Crippen LogP contribution in [0.25, 0.3) is 11.4 Å². The third-order valence-corrected chi connectivity index (χ3v) is 8.68. The van der Waals surface area contributed by atoms with E-state index < -0.39 is 0 Å². The molecule has 3 aromatic carbocycles. The van der Waals surface area contributed by atoms with Crippen LogP contribution < -0.4 is 39.1 Å². The third-order valence-electron chi connectivity index (χ3n) is 8.68. The summed E-state index contributed by atoms with van der Waals surface area (Å²) < 4.78 is 37.8.